The molecule has 1 amide bonds. The summed E-state index contributed by atoms with van der Waals surface area (Å²) in [5.74, 6) is 0.444. The molecule has 9 nitrogen and oxygen atoms in total. The van der Waals surface area contributed by atoms with E-state index in [1.54, 1.807) is 24.3 Å². The molecule has 0 bridgehead atoms. The molecule has 11 heteroatoms. The Morgan fingerprint density at radius 3 is 2.63 bits per heavy atom. The van der Waals surface area contributed by atoms with Gasteiger partial charge in [0.25, 0.3) is 11.6 Å². The second kappa shape index (κ2) is 8.93. The van der Waals surface area contributed by atoms with Crippen molar-refractivity contribution in [3.8, 4) is 17.2 Å². The number of carbonyl (C=O) groups excluding carboxylic acids is 1. The van der Waals surface area contributed by atoms with Crippen molar-refractivity contribution in [3.05, 3.63) is 62.5 Å². The molecule has 0 atom stereocenters. The van der Waals surface area contributed by atoms with Gasteiger partial charge in [-0.25, -0.2) is 0 Å². The van der Waals surface area contributed by atoms with Crippen LogP contribution in [0.25, 0.3) is 6.08 Å². The van der Waals surface area contributed by atoms with Crippen LogP contribution in [0.2, 0.25) is 0 Å². The van der Waals surface area contributed by atoms with Crippen molar-refractivity contribution in [1.29, 1.82) is 0 Å². The molecular formula is C19H15N3O6S2. The van der Waals surface area contributed by atoms with E-state index in [9.17, 15) is 20.0 Å². The molecule has 0 saturated carbocycles. The van der Waals surface area contributed by atoms with Gasteiger partial charge >= 0.3 is 0 Å². The number of benzene rings is 2. The number of nitro benzene ring substituents is 1. The predicted molar refractivity (Wildman–Crippen MR) is 117 cm³/mol. The fraction of sp³-hybridized carbons (Fsp3) is 0.105. The number of hydrogen-bond acceptors (Lipinski definition) is 9. The molecule has 1 aliphatic rings. The third kappa shape index (κ3) is 4.42. The van der Waals surface area contributed by atoms with E-state index in [-0.39, 0.29) is 21.3 Å². The SMILES string of the molecule is COc1ccc(C=C2SC(=S)N(N=Cc3cc([N+](=O)[O-])ccc3O)C2=O)c(OC)c1. The zero-order valence-electron chi connectivity index (χ0n) is 15.8. The van der Waals surface area contributed by atoms with E-state index in [0.29, 0.717) is 22.0 Å². The quantitative estimate of drug-likeness (QED) is 0.236. The average molecular weight is 445 g/mol. The summed E-state index contributed by atoms with van der Waals surface area (Å²) in [6.45, 7) is 0. The number of ether oxygens (including phenoxy) is 2. The number of aromatic hydroxyl groups is 1. The maximum atomic E-state index is 12.7. The Balaban J connectivity index is 1.87. The van der Waals surface area contributed by atoms with E-state index in [1.165, 1.54) is 20.3 Å². The minimum atomic E-state index is -0.596. The molecule has 2 aromatic rings. The molecular weight excluding hydrogens is 430 g/mol. The zero-order valence-corrected chi connectivity index (χ0v) is 17.4. The van der Waals surface area contributed by atoms with Gasteiger partial charge in [0, 0.05) is 29.3 Å². The summed E-state index contributed by atoms with van der Waals surface area (Å²) in [4.78, 5) is 23.4. The van der Waals surface area contributed by atoms with Crippen LogP contribution in [0.3, 0.4) is 0 Å². The molecule has 1 fully saturated rings. The van der Waals surface area contributed by atoms with Gasteiger partial charge < -0.3 is 14.6 Å². The van der Waals surface area contributed by atoms with E-state index >= 15 is 0 Å². The molecule has 1 N–H and O–H groups in total. The number of carbonyl (C=O) groups is 1. The first-order chi connectivity index (χ1) is 14.3. The monoisotopic (exact) mass is 445 g/mol. The number of thiocarbonyl (C=S) groups is 1. The lowest BCUT2D eigenvalue weighted by Crippen LogP contribution is -2.22. The topological polar surface area (TPSA) is 115 Å². The van der Waals surface area contributed by atoms with Crippen molar-refractivity contribution >= 4 is 52.2 Å². The Labute approximate surface area is 180 Å². The number of methoxy groups -OCH3 is 2. The average Bonchev–Trinajstić information content (AvgIpc) is 3.00. The summed E-state index contributed by atoms with van der Waals surface area (Å²) in [5.41, 5.74) is 0.518. The molecule has 1 aliphatic heterocycles. The van der Waals surface area contributed by atoms with Gasteiger partial charge in [0.05, 0.1) is 30.3 Å². The van der Waals surface area contributed by atoms with Gasteiger partial charge in [0.2, 0.25) is 0 Å². The number of nitrogens with zero attached hydrogens (tertiary/aromatic N) is 3. The van der Waals surface area contributed by atoms with Crippen LogP contribution in [0.4, 0.5) is 5.69 Å². The van der Waals surface area contributed by atoms with Crippen LogP contribution in [0, 0.1) is 10.1 Å². The molecule has 0 spiro atoms. The second-order valence-electron chi connectivity index (χ2n) is 5.85. The Hall–Kier alpha value is -3.44. The van der Waals surface area contributed by atoms with Gasteiger partial charge in [-0.15, -0.1) is 0 Å². The number of phenols is 1. The van der Waals surface area contributed by atoms with E-state index in [2.05, 4.69) is 5.10 Å². The van der Waals surface area contributed by atoms with Crippen LogP contribution in [0.1, 0.15) is 11.1 Å². The van der Waals surface area contributed by atoms with Crippen LogP contribution < -0.4 is 9.47 Å². The fourth-order valence-electron chi connectivity index (χ4n) is 2.52. The maximum Gasteiger partial charge on any atom is 0.286 e. The van der Waals surface area contributed by atoms with Crippen LogP contribution >= 0.6 is 24.0 Å². The number of nitro groups is 1. The molecule has 3 rings (SSSR count). The highest BCUT2D eigenvalue weighted by Gasteiger charge is 2.32. The Kier molecular flexibility index (Phi) is 6.33. The third-order valence-corrected chi connectivity index (χ3v) is 5.32. The molecule has 1 heterocycles. The van der Waals surface area contributed by atoms with E-state index < -0.39 is 10.8 Å². The first-order valence-corrected chi connectivity index (χ1v) is 9.58. The van der Waals surface area contributed by atoms with Gasteiger partial charge in [-0.1, -0.05) is 11.8 Å². The molecule has 2 aromatic carbocycles. The predicted octanol–water partition coefficient (Wildman–Crippen LogP) is 3.55. The number of hydrogen-bond donors (Lipinski definition) is 1. The number of thioether (sulfide) groups is 1. The van der Waals surface area contributed by atoms with Crippen molar-refractivity contribution in [1.82, 2.24) is 5.01 Å². The van der Waals surface area contributed by atoms with Crippen molar-refractivity contribution in [2.75, 3.05) is 14.2 Å². The Morgan fingerprint density at radius 1 is 1.20 bits per heavy atom. The number of amides is 1. The normalized spacial score (nSPS) is 15.3. The highest BCUT2D eigenvalue weighted by molar-refractivity contribution is 8.26. The highest BCUT2D eigenvalue weighted by Crippen LogP contribution is 2.35. The summed E-state index contributed by atoms with van der Waals surface area (Å²) in [6.07, 6.45) is 2.77. The Bertz CT molecular complexity index is 1100. The fourth-order valence-corrected chi connectivity index (χ4v) is 3.68. The molecule has 0 aromatic heterocycles. The lowest BCUT2D eigenvalue weighted by molar-refractivity contribution is -0.384. The second-order valence-corrected chi connectivity index (χ2v) is 7.52. The third-order valence-electron chi connectivity index (χ3n) is 4.03. The molecule has 154 valence electrons. The summed E-state index contributed by atoms with van der Waals surface area (Å²) in [5, 5.41) is 25.8. The first kappa shape index (κ1) is 21.3. The van der Waals surface area contributed by atoms with Crippen molar-refractivity contribution in [2.24, 2.45) is 5.10 Å². The van der Waals surface area contributed by atoms with Crippen LogP contribution in [0.5, 0.6) is 17.2 Å². The van der Waals surface area contributed by atoms with Gasteiger partial charge in [-0.3, -0.25) is 14.9 Å². The first-order valence-electron chi connectivity index (χ1n) is 8.35. The highest BCUT2D eigenvalue weighted by atomic mass is 32.2. The van der Waals surface area contributed by atoms with Gasteiger partial charge in [0.1, 0.15) is 17.2 Å². The lowest BCUT2D eigenvalue weighted by Gasteiger charge is -2.08. The maximum absolute atomic E-state index is 12.7. The van der Waals surface area contributed by atoms with Gasteiger partial charge in [0.15, 0.2) is 4.32 Å². The smallest absolute Gasteiger partial charge is 0.286 e. The summed E-state index contributed by atoms with van der Waals surface area (Å²) in [6, 6.07) is 8.66. The summed E-state index contributed by atoms with van der Waals surface area (Å²) >= 11 is 6.27. The molecule has 0 unspecified atom stereocenters. The molecule has 1 saturated heterocycles. The van der Waals surface area contributed by atoms with Crippen molar-refractivity contribution in [2.45, 2.75) is 0 Å². The van der Waals surface area contributed by atoms with Crippen molar-refractivity contribution in [3.63, 3.8) is 0 Å². The lowest BCUT2D eigenvalue weighted by atomic mass is 10.1. The van der Waals surface area contributed by atoms with Crippen molar-refractivity contribution < 1.29 is 24.3 Å². The minimum absolute atomic E-state index is 0.0825. The van der Waals surface area contributed by atoms with Crippen LogP contribution in [-0.2, 0) is 4.79 Å². The van der Waals surface area contributed by atoms with E-state index in [1.807, 2.05) is 0 Å². The number of hydrazone groups is 1. The van der Waals surface area contributed by atoms with Crippen LogP contribution in [-0.4, -0.2) is 45.7 Å². The number of rotatable bonds is 6. The van der Waals surface area contributed by atoms with E-state index in [0.717, 1.165) is 35.1 Å². The summed E-state index contributed by atoms with van der Waals surface area (Å²) < 4.78 is 10.7. The van der Waals surface area contributed by atoms with Gasteiger partial charge in [-0.2, -0.15) is 10.1 Å². The number of non-ortho nitro benzene ring substituents is 1. The number of phenolic OH excluding ortho intramolecular Hbond substituents is 1. The molecule has 0 aliphatic carbocycles. The van der Waals surface area contributed by atoms with Gasteiger partial charge in [-0.05, 0) is 36.5 Å². The molecule has 0 radical (unpaired) electrons. The van der Waals surface area contributed by atoms with E-state index in [4.69, 9.17) is 21.7 Å². The Morgan fingerprint density at radius 2 is 1.97 bits per heavy atom. The molecule has 30 heavy (non-hydrogen) atoms. The minimum Gasteiger partial charge on any atom is -0.507 e. The standard InChI is InChI=1S/C19H15N3O6S2/c1-27-14-5-3-11(16(9-14)28-2)8-17-18(24)21(19(29)30-17)20-10-12-7-13(22(25)26)4-6-15(12)23/h3-10,23H,1-2H3. The zero-order chi connectivity index (χ0) is 21.8. The summed E-state index contributed by atoms with van der Waals surface area (Å²) in [7, 11) is 3.05. The van der Waals surface area contributed by atoms with Crippen LogP contribution in [0.15, 0.2) is 46.4 Å². The largest absolute Gasteiger partial charge is 0.507 e.